The Bertz CT molecular complexity index is 541. The second kappa shape index (κ2) is 4.31. The molecule has 1 aromatic heterocycles. The molecular formula is C10H10Cl2N2O3. The molecule has 92 valence electrons. The Kier molecular flexibility index (Phi) is 3.14. The number of rotatable bonds is 1. The average molecular weight is 277 g/mol. The Morgan fingerprint density at radius 3 is 2.71 bits per heavy atom. The molecule has 2 unspecified atom stereocenters. The molecule has 0 spiro atoms. The molecule has 1 aliphatic rings. The van der Waals surface area contributed by atoms with E-state index >= 15 is 0 Å². The number of nitrogens with zero attached hydrogens (tertiary/aromatic N) is 2. The van der Waals surface area contributed by atoms with Crippen LogP contribution in [-0.4, -0.2) is 22.6 Å². The fourth-order valence-electron chi connectivity index (χ4n) is 2.14. The van der Waals surface area contributed by atoms with Gasteiger partial charge in [-0.3, -0.25) is 9.36 Å². The second-order valence-corrected chi connectivity index (χ2v) is 4.65. The molecular weight excluding hydrogens is 267 g/mol. The molecule has 0 saturated carbocycles. The maximum Gasteiger partial charge on any atom is 0.328 e. The molecule has 0 saturated heterocycles. The summed E-state index contributed by atoms with van der Waals surface area (Å²) in [6, 6.07) is -0.671. The maximum atomic E-state index is 11.9. The molecule has 0 fully saturated rings. The lowest BCUT2D eigenvalue weighted by atomic mass is 10.1. The quantitative estimate of drug-likeness (QED) is 0.734. The summed E-state index contributed by atoms with van der Waals surface area (Å²) >= 11 is 11.6. The zero-order valence-electron chi connectivity index (χ0n) is 9.24. The molecule has 0 amide bonds. The van der Waals surface area contributed by atoms with Gasteiger partial charge in [-0.05, 0) is 6.42 Å². The molecule has 2 atom stereocenters. The minimum absolute atomic E-state index is 0.0379. The molecule has 0 N–H and O–H groups in total. The standard InChI is InChI=1S/C10H10Cl2N2O3/c1-4-3-5(10(16)17-2)14-6(4)7(11)13-8(12)9(14)15/h4-5H,3H2,1-2H3. The largest absolute Gasteiger partial charge is 0.467 e. The van der Waals surface area contributed by atoms with E-state index in [0.717, 1.165) is 0 Å². The Morgan fingerprint density at radius 2 is 2.12 bits per heavy atom. The van der Waals surface area contributed by atoms with Gasteiger partial charge < -0.3 is 4.74 Å². The first-order valence-electron chi connectivity index (χ1n) is 5.02. The smallest absolute Gasteiger partial charge is 0.328 e. The van der Waals surface area contributed by atoms with Gasteiger partial charge in [-0.15, -0.1) is 0 Å². The van der Waals surface area contributed by atoms with Crippen LogP contribution >= 0.6 is 23.2 Å². The summed E-state index contributed by atoms with van der Waals surface area (Å²) in [5, 5.41) is -0.0738. The molecule has 17 heavy (non-hydrogen) atoms. The highest BCUT2D eigenvalue weighted by molar-refractivity contribution is 6.32. The fraction of sp³-hybridized carbons (Fsp3) is 0.500. The predicted molar refractivity (Wildman–Crippen MR) is 62.6 cm³/mol. The Hall–Kier alpha value is -1.07. The van der Waals surface area contributed by atoms with Crippen molar-refractivity contribution in [2.24, 2.45) is 0 Å². The number of aromatic nitrogens is 2. The lowest BCUT2D eigenvalue weighted by Crippen LogP contribution is -2.29. The summed E-state index contributed by atoms with van der Waals surface area (Å²) in [7, 11) is 1.28. The number of carbonyl (C=O) groups is 1. The molecule has 1 aromatic rings. The topological polar surface area (TPSA) is 61.2 Å². The van der Waals surface area contributed by atoms with Crippen molar-refractivity contribution in [3.05, 3.63) is 26.4 Å². The van der Waals surface area contributed by atoms with Gasteiger partial charge in [0, 0.05) is 5.92 Å². The third-order valence-electron chi connectivity index (χ3n) is 2.89. The van der Waals surface area contributed by atoms with Crippen molar-refractivity contribution in [2.45, 2.75) is 25.3 Å². The number of carbonyl (C=O) groups excluding carboxylic acids is 1. The van der Waals surface area contributed by atoms with Crippen molar-refractivity contribution < 1.29 is 9.53 Å². The number of fused-ring (bicyclic) bond motifs is 1. The SMILES string of the molecule is COC(=O)C1CC(C)c2c(Cl)nc(Cl)c(=O)n21. The van der Waals surface area contributed by atoms with Crippen molar-refractivity contribution in [1.82, 2.24) is 9.55 Å². The minimum Gasteiger partial charge on any atom is -0.467 e. The molecule has 2 rings (SSSR count). The van der Waals surface area contributed by atoms with Crippen LogP contribution in [0.25, 0.3) is 0 Å². The van der Waals surface area contributed by atoms with Crippen LogP contribution in [0.15, 0.2) is 4.79 Å². The number of hydrogen-bond donors (Lipinski definition) is 0. The number of esters is 1. The Balaban J connectivity index is 2.68. The molecule has 0 aromatic carbocycles. The van der Waals surface area contributed by atoms with Crippen LogP contribution in [0.4, 0.5) is 0 Å². The number of methoxy groups -OCH3 is 1. The Labute approximate surface area is 107 Å². The summed E-state index contributed by atoms with van der Waals surface area (Å²) < 4.78 is 5.95. The number of ether oxygens (including phenoxy) is 1. The summed E-state index contributed by atoms with van der Waals surface area (Å²) in [5.74, 6) is -0.514. The van der Waals surface area contributed by atoms with Gasteiger partial charge in [-0.25, -0.2) is 9.78 Å². The molecule has 5 nitrogen and oxygen atoms in total. The van der Waals surface area contributed by atoms with E-state index in [-0.39, 0.29) is 16.2 Å². The lowest BCUT2D eigenvalue weighted by Gasteiger charge is -2.12. The third-order valence-corrected chi connectivity index (χ3v) is 3.42. The van der Waals surface area contributed by atoms with Crippen LogP contribution in [0.3, 0.4) is 0 Å². The van der Waals surface area contributed by atoms with Gasteiger partial charge in [0.25, 0.3) is 5.56 Å². The molecule has 0 radical (unpaired) electrons. The summed E-state index contributed by atoms with van der Waals surface area (Å²) in [4.78, 5) is 27.3. The van der Waals surface area contributed by atoms with E-state index in [1.54, 1.807) is 0 Å². The van der Waals surface area contributed by atoms with Crippen molar-refractivity contribution >= 4 is 29.2 Å². The van der Waals surface area contributed by atoms with E-state index in [9.17, 15) is 9.59 Å². The monoisotopic (exact) mass is 276 g/mol. The summed E-state index contributed by atoms with van der Waals surface area (Å²) in [5.41, 5.74) is 0.0299. The fourth-order valence-corrected chi connectivity index (χ4v) is 2.72. The van der Waals surface area contributed by atoms with Gasteiger partial charge in [0.1, 0.15) is 6.04 Å². The molecule has 2 heterocycles. The van der Waals surface area contributed by atoms with E-state index in [4.69, 9.17) is 23.2 Å². The molecule has 7 heteroatoms. The molecule has 0 aliphatic carbocycles. The van der Waals surface area contributed by atoms with Crippen molar-refractivity contribution in [1.29, 1.82) is 0 Å². The van der Waals surface area contributed by atoms with Gasteiger partial charge in [-0.2, -0.15) is 0 Å². The highest BCUT2D eigenvalue weighted by Gasteiger charge is 2.37. The van der Waals surface area contributed by atoms with E-state index in [2.05, 4.69) is 9.72 Å². The van der Waals surface area contributed by atoms with Crippen molar-refractivity contribution in [3.8, 4) is 0 Å². The summed E-state index contributed by atoms with van der Waals surface area (Å²) in [6.07, 6.45) is 0.462. The van der Waals surface area contributed by atoms with Crippen molar-refractivity contribution in [2.75, 3.05) is 7.11 Å². The first-order valence-corrected chi connectivity index (χ1v) is 5.78. The average Bonchev–Trinajstić information content (AvgIpc) is 2.63. The zero-order valence-corrected chi connectivity index (χ0v) is 10.7. The molecule has 0 bridgehead atoms. The second-order valence-electron chi connectivity index (χ2n) is 3.93. The van der Waals surface area contributed by atoms with Gasteiger partial charge in [0.05, 0.1) is 12.8 Å². The van der Waals surface area contributed by atoms with Crippen LogP contribution < -0.4 is 5.56 Å². The van der Waals surface area contributed by atoms with Crippen LogP contribution in [0.2, 0.25) is 10.3 Å². The van der Waals surface area contributed by atoms with Crippen LogP contribution in [0.5, 0.6) is 0 Å². The van der Waals surface area contributed by atoms with E-state index in [0.29, 0.717) is 12.1 Å². The number of hydrogen-bond acceptors (Lipinski definition) is 4. The van der Waals surface area contributed by atoms with Crippen molar-refractivity contribution in [3.63, 3.8) is 0 Å². The highest BCUT2D eigenvalue weighted by atomic mass is 35.5. The van der Waals surface area contributed by atoms with E-state index in [1.165, 1.54) is 11.7 Å². The third kappa shape index (κ3) is 1.83. The van der Waals surface area contributed by atoms with E-state index < -0.39 is 17.6 Å². The number of halogens is 2. The first-order chi connectivity index (χ1) is 7.97. The zero-order chi connectivity index (χ0) is 12.7. The van der Waals surface area contributed by atoms with Gasteiger partial charge >= 0.3 is 5.97 Å². The van der Waals surface area contributed by atoms with Crippen LogP contribution in [0, 0.1) is 0 Å². The van der Waals surface area contributed by atoms with E-state index in [1.807, 2.05) is 6.92 Å². The normalized spacial score (nSPS) is 22.4. The highest BCUT2D eigenvalue weighted by Crippen LogP contribution is 2.38. The van der Waals surface area contributed by atoms with Crippen LogP contribution in [-0.2, 0) is 9.53 Å². The lowest BCUT2D eigenvalue weighted by molar-refractivity contribution is -0.144. The molecule has 1 aliphatic heterocycles. The predicted octanol–water partition coefficient (Wildman–Crippen LogP) is 1.77. The van der Waals surface area contributed by atoms with Crippen LogP contribution in [0.1, 0.15) is 31.0 Å². The summed E-state index contributed by atoms with van der Waals surface area (Å²) in [6.45, 7) is 1.87. The Morgan fingerprint density at radius 1 is 1.47 bits per heavy atom. The first kappa shape index (κ1) is 12.4. The van der Waals surface area contributed by atoms with Gasteiger partial charge in [0.15, 0.2) is 10.3 Å². The van der Waals surface area contributed by atoms with Gasteiger partial charge in [0.2, 0.25) is 0 Å². The van der Waals surface area contributed by atoms with Gasteiger partial charge in [-0.1, -0.05) is 30.1 Å². The minimum atomic E-state index is -0.671. The maximum absolute atomic E-state index is 11.9.